The minimum absolute atomic E-state index is 0.00894. The van der Waals surface area contributed by atoms with Crippen LogP contribution in [0.5, 0.6) is 0 Å². The minimum atomic E-state index is -0.348. The topological polar surface area (TPSA) is 84.0 Å². The molecule has 2 N–H and O–H groups in total. The second kappa shape index (κ2) is 9.31. The predicted molar refractivity (Wildman–Crippen MR) is 118 cm³/mol. The van der Waals surface area contributed by atoms with E-state index in [4.69, 9.17) is 0 Å². The van der Waals surface area contributed by atoms with Crippen LogP contribution in [0.4, 0.5) is 16.5 Å². The monoisotopic (exact) mass is 476 g/mol. The quantitative estimate of drug-likeness (QED) is 0.352. The highest BCUT2D eigenvalue weighted by atomic mass is 79.9. The lowest BCUT2D eigenvalue weighted by Crippen LogP contribution is -2.22. The van der Waals surface area contributed by atoms with E-state index in [1.165, 1.54) is 30.0 Å². The normalized spacial score (nSPS) is 11.7. The third kappa shape index (κ3) is 5.63. The van der Waals surface area contributed by atoms with Crippen molar-refractivity contribution in [1.29, 1.82) is 0 Å². The summed E-state index contributed by atoms with van der Waals surface area (Å²) in [6, 6.07) is 14.6. The van der Waals surface area contributed by atoms with Crippen molar-refractivity contribution in [2.75, 3.05) is 10.6 Å². The van der Waals surface area contributed by atoms with Gasteiger partial charge in [0.25, 0.3) is 0 Å². The first-order chi connectivity index (χ1) is 13.4. The zero-order valence-corrected chi connectivity index (χ0v) is 18.3. The van der Waals surface area contributed by atoms with E-state index >= 15 is 0 Å². The van der Waals surface area contributed by atoms with Crippen LogP contribution in [0, 0.1) is 0 Å². The molecule has 28 heavy (non-hydrogen) atoms. The van der Waals surface area contributed by atoms with Gasteiger partial charge in [-0.2, -0.15) is 0 Å². The van der Waals surface area contributed by atoms with Crippen LogP contribution in [-0.2, 0) is 4.79 Å². The Morgan fingerprint density at radius 3 is 2.54 bits per heavy atom. The fourth-order valence-corrected chi connectivity index (χ4v) is 4.55. The molecule has 9 heteroatoms. The Hall–Kier alpha value is -2.23. The van der Waals surface area contributed by atoms with Gasteiger partial charge in [-0.3, -0.25) is 9.59 Å². The Kier molecular flexibility index (Phi) is 6.82. The molecule has 0 aliphatic heterocycles. The van der Waals surface area contributed by atoms with Gasteiger partial charge in [-0.25, -0.2) is 0 Å². The van der Waals surface area contributed by atoms with Crippen molar-refractivity contribution in [3.63, 3.8) is 0 Å². The fourth-order valence-electron chi connectivity index (χ4n) is 2.23. The Balaban J connectivity index is 1.56. The molecule has 1 heterocycles. The molecule has 1 amide bonds. The number of thioether (sulfide) groups is 1. The van der Waals surface area contributed by atoms with Crippen molar-refractivity contribution in [3.8, 4) is 0 Å². The molecule has 0 saturated carbocycles. The summed E-state index contributed by atoms with van der Waals surface area (Å²) >= 11 is 6.16. The van der Waals surface area contributed by atoms with Gasteiger partial charge < -0.3 is 10.6 Å². The van der Waals surface area contributed by atoms with Crippen molar-refractivity contribution in [1.82, 2.24) is 10.2 Å². The molecule has 0 spiro atoms. The van der Waals surface area contributed by atoms with Crippen molar-refractivity contribution >= 4 is 67.2 Å². The van der Waals surface area contributed by atoms with E-state index < -0.39 is 0 Å². The lowest BCUT2D eigenvalue weighted by molar-refractivity contribution is -0.115. The van der Waals surface area contributed by atoms with E-state index in [9.17, 15) is 9.59 Å². The van der Waals surface area contributed by atoms with Crippen LogP contribution < -0.4 is 10.6 Å². The average molecular weight is 477 g/mol. The third-order valence-electron chi connectivity index (χ3n) is 3.69. The van der Waals surface area contributed by atoms with Crippen LogP contribution in [0.15, 0.2) is 57.3 Å². The van der Waals surface area contributed by atoms with Crippen molar-refractivity contribution in [3.05, 3.63) is 58.6 Å². The second-order valence-electron chi connectivity index (χ2n) is 5.89. The van der Waals surface area contributed by atoms with E-state index in [0.717, 1.165) is 10.2 Å². The number of Topliss-reactive ketones (excluding diaryl/α,β-unsaturated/α-hetero) is 1. The second-order valence-corrected chi connectivity index (χ2v) is 9.37. The fraction of sp³-hybridized carbons (Fsp3) is 0.158. The summed E-state index contributed by atoms with van der Waals surface area (Å²) in [7, 11) is 0. The van der Waals surface area contributed by atoms with Gasteiger partial charge in [0, 0.05) is 21.4 Å². The SMILES string of the molecule is CC(=O)c1ccc(NC(=O)C(C)Sc2nnc(Nc3cccc(Br)c3)s2)cc1. The summed E-state index contributed by atoms with van der Waals surface area (Å²) in [5.74, 6) is -0.150. The molecule has 1 atom stereocenters. The smallest absolute Gasteiger partial charge is 0.237 e. The first-order valence-corrected chi connectivity index (χ1v) is 10.8. The molecule has 0 saturated heterocycles. The lowest BCUT2D eigenvalue weighted by Gasteiger charge is -2.10. The number of carbonyl (C=O) groups excluding carboxylic acids is 2. The van der Waals surface area contributed by atoms with Gasteiger partial charge in [-0.05, 0) is 56.3 Å². The molecule has 0 radical (unpaired) electrons. The van der Waals surface area contributed by atoms with Gasteiger partial charge in [-0.15, -0.1) is 10.2 Å². The molecule has 0 aliphatic rings. The molecule has 6 nitrogen and oxygen atoms in total. The number of benzene rings is 2. The van der Waals surface area contributed by atoms with E-state index in [-0.39, 0.29) is 16.9 Å². The van der Waals surface area contributed by atoms with Gasteiger partial charge in [0.1, 0.15) is 0 Å². The number of aromatic nitrogens is 2. The molecule has 3 aromatic rings. The van der Waals surface area contributed by atoms with E-state index in [2.05, 4.69) is 36.8 Å². The van der Waals surface area contributed by atoms with Crippen LogP contribution in [-0.4, -0.2) is 27.1 Å². The number of anilines is 3. The number of amides is 1. The van der Waals surface area contributed by atoms with Crippen LogP contribution in [0.25, 0.3) is 0 Å². The summed E-state index contributed by atoms with van der Waals surface area (Å²) in [5.41, 5.74) is 2.17. The maximum Gasteiger partial charge on any atom is 0.237 e. The highest BCUT2D eigenvalue weighted by Crippen LogP contribution is 2.31. The standard InChI is InChI=1S/C19H17BrN4O2S2/c1-11(25)13-6-8-15(9-7-13)21-17(26)12(2)27-19-24-23-18(28-19)22-16-5-3-4-14(20)10-16/h3-10,12H,1-2H3,(H,21,26)(H,22,23). The molecular weight excluding hydrogens is 460 g/mol. The van der Waals surface area contributed by atoms with Gasteiger partial charge in [0.2, 0.25) is 11.0 Å². The Bertz CT molecular complexity index is 992. The maximum absolute atomic E-state index is 12.4. The maximum atomic E-state index is 12.4. The zero-order chi connectivity index (χ0) is 20.1. The number of nitrogens with one attached hydrogen (secondary N) is 2. The van der Waals surface area contributed by atoms with Gasteiger partial charge in [-0.1, -0.05) is 45.1 Å². The molecule has 144 valence electrons. The summed E-state index contributed by atoms with van der Waals surface area (Å²) < 4.78 is 1.67. The van der Waals surface area contributed by atoms with Gasteiger partial charge in [0.15, 0.2) is 10.1 Å². The highest BCUT2D eigenvalue weighted by molar-refractivity contribution is 9.10. The molecule has 2 aromatic carbocycles. The molecular formula is C19H17BrN4O2S2. The first kappa shape index (κ1) is 20.5. The largest absolute Gasteiger partial charge is 0.330 e. The Labute approximate surface area is 179 Å². The lowest BCUT2D eigenvalue weighted by atomic mass is 10.1. The van der Waals surface area contributed by atoms with E-state index in [1.807, 2.05) is 31.2 Å². The van der Waals surface area contributed by atoms with Crippen molar-refractivity contribution in [2.45, 2.75) is 23.4 Å². The number of carbonyl (C=O) groups is 2. The molecule has 0 aliphatic carbocycles. The first-order valence-electron chi connectivity index (χ1n) is 8.35. The summed E-state index contributed by atoms with van der Waals surface area (Å²) in [6.07, 6.45) is 0. The average Bonchev–Trinajstić information content (AvgIpc) is 3.09. The summed E-state index contributed by atoms with van der Waals surface area (Å²) in [5, 5.41) is 14.6. The van der Waals surface area contributed by atoms with Crippen LogP contribution in [0.2, 0.25) is 0 Å². The highest BCUT2D eigenvalue weighted by Gasteiger charge is 2.17. The zero-order valence-electron chi connectivity index (χ0n) is 15.1. The Morgan fingerprint density at radius 2 is 1.86 bits per heavy atom. The number of halogens is 1. The number of nitrogens with zero attached hydrogens (tertiary/aromatic N) is 2. The number of hydrogen-bond acceptors (Lipinski definition) is 7. The van der Waals surface area contributed by atoms with Crippen molar-refractivity contribution in [2.24, 2.45) is 0 Å². The van der Waals surface area contributed by atoms with Crippen LogP contribution >= 0.6 is 39.0 Å². The molecule has 1 unspecified atom stereocenters. The summed E-state index contributed by atoms with van der Waals surface area (Å²) in [6.45, 7) is 3.32. The third-order valence-corrected chi connectivity index (χ3v) is 6.20. The van der Waals surface area contributed by atoms with Gasteiger partial charge in [0.05, 0.1) is 5.25 Å². The summed E-state index contributed by atoms with van der Waals surface area (Å²) in [4.78, 5) is 23.7. The van der Waals surface area contributed by atoms with Crippen LogP contribution in [0.1, 0.15) is 24.2 Å². The van der Waals surface area contributed by atoms with E-state index in [1.54, 1.807) is 24.3 Å². The van der Waals surface area contributed by atoms with Crippen molar-refractivity contribution < 1.29 is 9.59 Å². The van der Waals surface area contributed by atoms with Gasteiger partial charge >= 0.3 is 0 Å². The number of rotatable bonds is 7. The predicted octanol–water partition coefficient (Wildman–Crippen LogP) is 5.37. The Morgan fingerprint density at radius 1 is 1.11 bits per heavy atom. The van der Waals surface area contributed by atoms with Crippen LogP contribution in [0.3, 0.4) is 0 Å². The molecule has 0 bridgehead atoms. The number of ketones is 1. The molecule has 0 fully saturated rings. The molecule has 1 aromatic heterocycles. The van der Waals surface area contributed by atoms with E-state index in [0.29, 0.717) is 20.7 Å². The molecule has 3 rings (SSSR count). The number of hydrogen-bond donors (Lipinski definition) is 2. The minimum Gasteiger partial charge on any atom is -0.330 e.